The molecule has 0 aliphatic carbocycles. The van der Waals surface area contributed by atoms with Crippen LogP contribution in [0.2, 0.25) is 0 Å². The number of halogens is 1. The lowest BCUT2D eigenvalue weighted by Crippen LogP contribution is -2.50. The summed E-state index contributed by atoms with van der Waals surface area (Å²) in [6.07, 6.45) is 1.88. The first-order chi connectivity index (χ1) is 15.8. The number of ether oxygens (including phenoxy) is 1. The van der Waals surface area contributed by atoms with Gasteiger partial charge >= 0.3 is 0 Å². The number of rotatable bonds is 7. The number of nitrogens with one attached hydrogen (secondary N) is 3. The van der Waals surface area contributed by atoms with Crippen LogP contribution in [0.5, 0.6) is 5.75 Å². The zero-order valence-corrected chi connectivity index (χ0v) is 20.1. The van der Waals surface area contributed by atoms with Crippen molar-refractivity contribution in [3.63, 3.8) is 0 Å². The zero-order chi connectivity index (χ0) is 23.4. The molecule has 34 heavy (non-hydrogen) atoms. The number of hydrogen-bond donors (Lipinski definition) is 3. The first-order valence-electron chi connectivity index (χ1n) is 10.8. The van der Waals surface area contributed by atoms with Crippen molar-refractivity contribution in [1.82, 2.24) is 15.5 Å². The van der Waals surface area contributed by atoms with Crippen LogP contribution in [0.4, 0.5) is 11.5 Å². The second kappa shape index (κ2) is 10.7. The Bertz CT molecular complexity index is 1120. The third kappa shape index (κ3) is 6.55. The molecule has 1 fully saturated rings. The normalized spacial score (nSPS) is 13.4. The highest BCUT2D eigenvalue weighted by atomic mass is 35.5. The smallest absolute Gasteiger partial charge is 0.274 e. The van der Waals surface area contributed by atoms with Crippen molar-refractivity contribution in [3.05, 3.63) is 65.7 Å². The molecule has 0 atom stereocenters. The Kier molecular flexibility index (Phi) is 7.90. The molecule has 0 unspecified atom stereocenters. The fourth-order valence-electron chi connectivity index (χ4n) is 3.08. The van der Waals surface area contributed by atoms with Gasteiger partial charge in [-0.25, -0.2) is 4.98 Å². The monoisotopic (exact) mass is 485 g/mol. The Morgan fingerprint density at radius 3 is 2.41 bits per heavy atom. The minimum Gasteiger partial charge on any atom is -0.486 e. The minimum atomic E-state index is -0.321. The van der Waals surface area contributed by atoms with Crippen LogP contribution >= 0.6 is 12.4 Å². The van der Waals surface area contributed by atoms with Gasteiger partial charge in [0.1, 0.15) is 23.3 Å². The van der Waals surface area contributed by atoms with Crippen molar-refractivity contribution in [2.45, 2.75) is 38.7 Å². The molecular formula is C24H28ClN5O4. The summed E-state index contributed by atoms with van der Waals surface area (Å²) >= 11 is 0. The van der Waals surface area contributed by atoms with E-state index in [2.05, 4.69) is 26.1 Å². The molecule has 3 N–H and O–H groups in total. The zero-order valence-electron chi connectivity index (χ0n) is 19.3. The van der Waals surface area contributed by atoms with Gasteiger partial charge in [-0.15, -0.1) is 12.4 Å². The topological polar surface area (TPSA) is 118 Å². The predicted molar refractivity (Wildman–Crippen MR) is 131 cm³/mol. The number of benzene rings is 1. The van der Waals surface area contributed by atoms with E-state index < -0.39 is 0 Å². The van der Waals surface area contributed by atoms with Gasteiger partial charge in [0.15, 0.2) is 5.82 Å². The number of carbonyl (C=O) groups excluding carboxylic acids is 2. The van der Waals surface area contributed by atoms with E-state index in [1.54, 1.807) is 48.7 Å². The number of amides is 2. The molecule has 3 aromatic rings. The lowest BCUT2D eigenvalue weighted by molar-refractivity contribution is -0.115. The number of hydrogen-bond acceptors (Lipinski definition) is 7. The highest BCUT2D eigenvalue weighted by Gasteiger charge is 2.21. The minimum absolute atomic E-state index is 0. The highest BCUT2D eigenvalue weighted by molar-refractivity contribution is 6.02. The van der Waals surface area contributed by atoms with Gasteiger partial charge in [0, 0.05) is 30.3 Å². The summed E-state index contributed by atoms with van der Waals surface area (Å²) in [4.78, 5) is 28.9. The van der Waals surface area contributed by atoms with Crippen LogP contribution in [0.1, 0.15) is 42.6 Å². The number of nitrogens with zero attached hydrogens (tertiary/aromatic N) is 2. The standard InChI is InChI=1S/C24H27N5O4.ClH/c1-24(2,3)20-11-21(29-33-20)28-22(30)10-15-4-6-16(7-5-15)27-23(31)19-9-8-17(14-26-19)32-18-12-25-13-18;/h4-9,11,14,18,25H,10,12-13H2,1-3H3,(H,27,31)(H,28,29,30);1H. The van der Waals surface area contributed by atoms with Crippen molar-refractivity contribution >= 4 is 35.7 Å². The summed E-state index contributed by atoms with van der Waals surface area (Å²) in [7, 11) is 0. The summed E-state index contributed by atoms with van der Waals surface area (Å²) in [5, 5.41) is 12.6. The van der Waals surface area contributed by atoms with E-state index in [9.17, 15) is 9.59 Å². The number of pyridine rings is 1. The van der Waals surface area contributed by atoms with Crippen LogP contribution in [0.3, 0.4) is 0 Å². The molecule has 10 heteroatoms. The third-order valence-electron chi connectivity index (χ3n) is 5.11. The van der Waals surface area contributed by atoms with Gasteiger partial charge in [-0.1, -0.05) is 38.1 Å². The van der Waals surface area contributed by atoms with Crippen LogP contribution in [0, 0.1) is 0 Å². The molecular weight excluding hydrogens is 458 g/mol. The number of anilines is 2. The molecule has 0 radical (unpaired) electrons. The van der Waals surface area contributed by atoms with E-state index in [1.807, 2.05) is 20.8 Å². The Labute approximate surface area is 204 Å². The lowest BCUT2D eigenvalue weighted by Gasteiger charge is -2.27. The predicted octanol–water partition coefficient (Wildman–Crippen LogP) is 3.57. The Hall–Kier alpha value is -3.43. The van der Waals surface area contributed by atoms with E-state index >= 15 is 0 Å². The number of carbonyl (C=O) groups is 2. The summed E-state index contributed by atoms with van der Waals surface area (Å²) in [5.41, 5.74) is 1.52. The maximum atomic E-state index is 12.4. The van der Waals surface area contributed by atoms with Crippen LogP contribution in [0.15, 0.2) is 53.2 Å². The molecule has 0 bridgehead atoms. The van der Waals surface area contributed by atoms with Crippen LogP contribution in [-0.2, 0) is 16.6 Å². The second-order valence-electron chi connectivity index (χ2n) is 8.98. The first-order valence-corrected chi connectivity index (χ1v) is 10.8. The van der Waals surface area contributed by atoms with Gasteiger partial charge in [0.2, 0.25) is 5.91 Å². The van der Waals surface area contributed by atoms with E-state index in [1.165, 1.54) is 0 Å². The van der Waals surface area contributed by atoms with Crippen LogP contribution in [0.25, 0.3) is 0 Å². The molecule has 180 valence electrons. The molecule has 0 saturated carbocycles. The van der Waals surface area contributed by atoms with E-state index in [0.29, 0.717) is 28.7 Å². The maximum absolute atomic E-state index is 12.4. The largest absolute Gasteiger partial charge is 0.486 e. The number of aromatic nitrogens is 2. The Morgan fingerprint density at radius 1 is 1.12 bits per heavy atom. The van der Waals surface area contributed by atoms with Crippen molar-refractivity contribution < 1.29 is 18.8 Å². The average molecular weight is 486 g/mol. The highest BCUT2D eigenvalue weighted by Crippen LogP contribution is 2.24. The van der Waals surface area contributed by atoms with Crippen molar-refractivity contribution in [1.29, 1.82) is 0 Å². The van der Waals surface area contributed by atoms with Crippen molar-refractivity contribution in [2.75, 3.05) is 23.7 Å². The summed E-state index contributed by atoms with van der Waals surface area (Å²) in [5.74, 6) is 1.20. The quantitative estimate of drug-likeness (QED) is 0.468. The third-order valence-corrected chi connectivity index (χ3v) is 5.11. The summed E-state index contributed by atoms with van der Waals surface area (Å²) < 4.78 is 11.0. The van der Waals surface area contributed by atoms with Gasteiger partial charge in [-0.05, 0) is 29.8 Å². The average Bonchev–Trinajstić information content (AvgIpc) is 3.21. The SMILES string of the molecule is CC(C)(C)c1cc(NC(=O)Cc2ccc(NC(=O)c3ccc(OC4CNC4)cn3)cc2)no1.Cl. The molecule has 1 aromatic carbocycles. The Balaban J connectivity index is 0.00000324. The maximum Gasteiger partial charge on any atom is 0.274 e. The molecule has 2 amide bonds. The fourth-order valence-corrected chi connectivity index (χ4v) is 3.08. The van der Waals surface area contributed by atoms with E-state index in [0.717, 1.165) is 18.7 Å². The summed E-state index contributed by atoms with van der Waals surface area (Å²) in [6, 6.07) is 12.2. The molecule has 3 heterocycles. The second-order valence-corrected chi connectivity index (χ2v) is 8.98. The summed E-state index contributed by atoms with van der Waals surface area (Å²) in [6.45, 7) is 7.66. The lowest BCUT2D eigenvalue weighted by atomic mass is 9.93. The van der Waals surface area contributed by atoms with Gasteiger partial charge in [-0.3, -0.25) is 9.59 Å². The van der Waals surface area contributed by atoms with Gasteiger partial charge in [0.05, 0.1) is 12.6 Å². The van der Waals surface area contributed by atoms with E-state index in [-0.39, 0.29) is 42.2 Å². The molecule has 1 aliphatic rings. The molecule has 2 aromatic heterocycles. The van der Waals surface area contributed by atoms with Crippen molar-refractivity contribution in [2.24, 2.45) is 0 Å². The first kappa shape index (κ1) is 25.2. The molecule has 1 saturated heterocycles. The molecule has 9 nitrogen and oxygen atoms in total. The van der Waals surface area contributed by atoms with Crippen LogP contribution < -0.4 is 20.7 Å². The molecule has 1 aliphatic heterocycles. The van der Waals surface area contributed by atoms with E-state index in [4.69, 9.17) is 9.26 Å². The molecule has 4 rings (SSSR count). The van der Waals surface area contributed by atoms with Gasteiger partial charge in [0.25, 0.3) is 5.91 Å². The Morgan fingerprint density at radius 2 is 1.85 bits per heavy atom. The van der Waals surface area contributed by atoms with Gasteiger partial charge in [-0.2, -0.15) is 0 Å². The van der Waals surface area contributed by atoms with Crippen molar-refractivity contribution in [3.8, 4) is 5.75 Å². The fraction of sp³-hybridized carbons (Fsp3) is 0.333. The van der Waals surface area contributed by atoms with Crippen LogP contribution in [-0.4, -0.2) is 41.1 Å². The molecule has 0 spiro atoms. The van der Waals surface area contributed by atoms with Gasteiger partial charge < -0.3 is 25.2 Å².